The molecule has 0 bridgehead atoms. The van der Waals surface area contributed by atoms with E-state index in [4.69, 9.17) is 16.3 Å². The fourth-order valence-corrected chi connectivity index (χ4v) is 4.77. The van der Waals surface area contributed by atoms with Crippen LogP contribution < -0.4 is 14.5 Å². The molecule has 0 aliphatic carbocycles. The van der Waals surface area contributed by atoms with Crippen molar-refractivity contribution in [2.45, 2.75) is 20.1 Å². The Morgan fingerprint density at radius 3 is 2.26 bits per heavy atom. The average molecular weight is 562 g/mol. The summed E-state index contributed by atoms with van der Waals surface area (Å²) in [6.07, 6.45) is 2.66. The molecule has 0 unspecified atom stereocenters. The number of amides is 1. The zero-order valence-corrected chi connectivity index (χ0v) is 23.1. The van der Waals surface area contributed by atoms with Gasteiger partial charge in [-0.1, -0.05) is 59.6 Å². The summed E-state index contributed by atoms with van der Waals surface area (Å²) in [7, 11) is -3.59. The molecule has 0 atom stereocenters. The normalized spacial score (nSPS) is 11.4. The largest absolute Gasteiger partial charge is 0.489 e. The number of hydrogen-bond donors (Lipinski definition) is 1. The average Bonchev–Trinajstić information content (AvgIpc) is 2.92. The number of carbonyl (C=O) groups excluding carboxylic acids is 1. The Morgan fingerprint density at radius 2 is 1.62 bits per heavy atom. The van der Waals surface area contributed by atoms with Crippen LogP contribution in [0.2, 0.25) is 5.02 Å². The molecule has 4 aromatic carbocycles. The Balaban J connectivity index is 1.33. The van der Waals surface area contributed by atoms with Gasteiger partial charge in [0.25, 0.3) is 5.91 Å². The summed E-state index contributed by atoms with van der Waals surface area (Å²) in [5.41, 5.74) is 7.00. The molecule has 0 aromatic heterocycles. The number of nitrogens with zero attached hydrogens (tertiary/aromatic N) is 2. The molecule has 0 saturated heterocycles. The molecular weight excluding hydrogens is 534 g/mol. The van der Waals surface area contributed by atoms with Gasteiger partial charge in [0.15, 0.2) is 0 Å². The van der Waals surface area contributed by atoms with Crippen molar-refractivity contribution in [1.29, 1.82) is 0 Å². The highest BCUT2D eigenvalue weighted by Crippen LogP contribution is 2.24. The molecule has 0 aliphatic rings. The number of carbonyl (C=O) groups is 1. The fourth-order valence-electron chi connectivity index (χ4n) is 3.69. The van der Waals surface area contributed by atoms with Crippen LogP contribution in [-0.4, -0.2) is 26.8 Å². The predicted octanol–water partition coefficient (Wildman–Crippen LogP) is 5.96. The van der Waals surface area contributed by atoms with E-state index in [2.05, 4.69) is 10.5 Å². The summed E-state index contributed by atoms with van der Waals surface area (Å²) in [4.78, 5) is 12.5. The minimum atomic E-state index is -3.59. The van der Waals surface area contributed by atoms with Crippen LogP contribution in [0.1, 0.15) is 32.6 Å². The second-order valence-corrected chi connectivity index (χ2v) is 11.3. The molecule has 4 aromatic rings. The summed E-state index contributed by atoms with van der Waals surface area (Å²) < 4.78 is 32.0. The lowest BCUT2D eigenvalue weighted by Crippen LogP contribution is -2.29. The van der Waals surface area contributed by atoms with Crippen LogP contribution in [0.5, 0.6) is 5.75 Å². The van der Waals surface area contributed by atoms with Gasteiger partial charge in [-0.2, -0.15) is 5.10 Å². The topological polar surface area (TPSA) is 88.1 Å². The summed E-state index contributed by atoms with van der Waals surface area (Å²) in [5.74, 6) is 0.308. The van der Waals surface area contributed by atoms with E-state index in [0.717, 1.165) is 23.1 Å². The first-order valence-corrected chi connectivity index (χ1v) is 14.3. The van der Waals surface area contributed by atoms with Crippen molar-refractivity contribution in [3.05, 3.63) is 130 Å². The number of hydrazone groups is 1. The minimum absolute atomic E-state index is 0.0735. The Labute approximate surface area is 233 Å². The summed E-state index contributed by atoms with van der Waals surface area (Å²) in [6.45, 7) is 2.59. The maximum absolute atomic E-state index is 12.5. The third-order valence-corrected chi connectivity index (χ3v) is 7.38. The number of benzene rings is 4. The Hall–Kier alpha value is -4.14. The van der Waals surface area contributed by atoms with Gasteiger partial charge in [0.1, 0.15) is 12.4 Å². The Kier molecular flexibility index (Phi) is 9.01. The molecule has 39 heavy (non-hydrogen) atoms. The summed E-state index contributed by atoms with van der Waals surface area (Å²) >= 11 is 6.22. The second kappa shape index (κ2) is 12.6. The van der Waals surface area contributed by atoms with Crippen molar-refractivity contribution in [2.24, 2.45) is 5.10 Å². The SMILES string of the molecule is Cc1ccc(COc2ccc(/C=N/NC(=O)c3ccc(N(Cc4ccccc4Cl)S(C)(=O)=O)cc3)cc2)cc1. The molecule has 0 fully saturated rings. The van der Waals surface area contributed by atoms with E-state index in [0.29, 0.717) is 28.4 Å². The number of ether oxygens (including phenoxy) is 1. The van der Waals surface area contributed by atoms with Crippen LogP contribution in [0.15, 0.2) is 102 Å². The van der Waals surface area contributed by atoms with E-state index in [1.807, 2.05) is 55.5 Å². The van der Waals surface area contributed by atoms with Gasteiger partial charge in [-0.3, -0.25) is 9.10 Å². The molecule has 0 aliphatic heterocycles. The van der Waals surface area contributed by atoms with Crippen molar-refractivity contribution < 1.29 is 17.9 Å². The van der Waals surface area contributed by atoms with Crippen molar-refractivity contribution in [2.75, 3.05) is 10.6 Å². The highest BCUT2D eigenvalue weighted by Gasteiger charge is 2.19. The lowest BCUT2D eigenvalue weighted by atomic mass is 10.2. The molecule has 0 radical (unpaired) electrons. The van der Waals surface area contributed by atoms with E-state index in [-0.39, 0.29) is 6.54 Å². The number of nitrogens with one attached hydrogen (secondary N) is 1. The first-order valence-electron chi connectivity index (χ1n) is 12.1. The first kappa shape index (κ1) is 27.9. The van der Waals surface area contributed by atoms with Crippen LogP contribution in [0.25, 0.3) is 0 Å². The standard InChI is InChI=1S/C30H28ClN3O4S/c1-22-7-9-24(10-8-22)21-38-28-17-11-23(12-18-28)19-32-33-30(35)25-13-15-27(16-14-25)34(39(2,36)37)20-26-5-3-4-6-29(26)31/h3-19H,20-21H2,1-2H3,(H,33,35)/b32-19+. The van der Waals surface area contributed by atoms with E-state index in [1.54, 1.807) is 48.5 Å². The van der Waals surface area contributed by atoms with Gasteiger partial charge < -0.3 is 4.74 Å². The van der Waals surface area contributed by atoms with Crippen molar-refractivity contribution >= 4 is 39.4 Å². The molecule has 7 nitrogen and oxygen atoms in total. The molecule has 9 heteroatoms. The number of halogens is 1. The molecule has 0 heterocycles. The van der Waals surface area contributed by atoms with Crippen LogP contribution in [0.4, 0.5) is 5.69 Å². The number of sulfonamides is 1. The maximum atomic E-state index is 12.5. The van der Waals surface area contributed by atoms with E-state index in [1.165, 1.54) is 16.1 Å². The Morgan fingerprint density at radius 1 is 0.949 bits per heavy atom. The molecule has 1 amide bonds. The van der Waals surface area contributed by atoms with Gasteiger partial charge in [0, 0.05) is 10.6 Å². The van der Waals surface area contributed by atoms with Gasteiger partial charge in [-0.25, -0.2) is 13.8 Å². The zero-order valence-electron chi connectivity index (χ0n) is 21.5. The summed E-state index contributed by atoms with van der Waals surface area (Å²) in [5, 5.41) is 4.50. The van der Waals surface area contributed by atoms with Gasteiger partial charge >= 0.3 is 0 Å². The summed E-state index contributed by atoms with van der Waals surface area (Å²) in [6, 6.07) is 28.8. The highest BCUT2D eigenvalue weighted by atomic mass is 35.5. The molecular formula is C30H28ClN3O4S. The quantitative estimate of drug-likeness (QED) is 0.191. The van der Waals surface area contributed by atoms with Crippen molar-refractivity contribution in [3.63, 3.8) is 0 Å². The van der Waals surface area contributed by atoms with Gasteiger partial charge in [0.2, 0.25) is 10.0 Å². The Bertz CT molecular complexity index is 1550. The van der Waals surface area contributed by atoms with Crippen LogP contribution in [0.3, 0.4) is 0 Å². The lowest BCUT2D eigenvalue weighted by molar-refractivity contribution is 0.0955. The van der Waals surface area contributed by atoms with Crippen LogP contribution >= 0.6 is 11.6 Å². The van der Waals surface area contributed by atoms with Crippen molar-refractivity contribution in [1.82, 2.24) is 5.43 Å². The highest BCUT2D eigenvalue weighted by molar-refractivity contribution is 7.92. The number of rotatable bonds is 10. The van der Waals surface area contributed by atoms with Crippen LogP contribution in [0, 0.1) is 6.92 Å². The van der Waals surface area contributed by atoms with E-state index in [9.17, 15) is 13.2 Å². The third kappa shape index (κ3) is 7.92. The van der Waals surface area contributed by atoms with Gasteiger partial charge in [-0.05, 0) is 78.2 Å². The lowest BCUT2D eigenvalue weighted by Gasteiger charge is -2.23. The van der Waals surface area contributed by atoms with Gasteiger partial charge in [0.05, 0.1) is 24.7 Å². The predicted molar refractivity (Wildman–Crippen MR) is 156 cm³/mol. The molecule has 200 valence electrons. The zero-order chi connectivity index (χ0) is 27.8. The van der Waals surface area contributed by atoms with Crippen LogP contribution in [-0.2, 0) is 23.2 Å². The smallest absolute Gasteiger partial charge is 0.271 e. The fraction of sp³-hybridized carbons (Fsp3) is 0.133. The number of hydrogen-bond acceptors (Lipinski definition) is 5. The molecule has 4 rings (SSSR count). The number of aryl methyl sites for hydroxylation is 1. The first-order chi connectivity index (χ1) is 18.7. The monoisotopic (exact) mass is 561 g/mol. The minimum Gasteiger partial charge on any atom is -0.489 e. The second-order valence-electron chi connectivity index (χ2n) is 8.95. The third-order valence-electron chi connectivity index (χ3n) is 5.88. The molecule has 1 N–H and O–H groups in total. The maximum Gasteiger partial charge on any atom is 0.271 e. The van der Waals surface area contributed by atoms with E-state index >= 15 is 0 Å². The van der Waals surface area contributed by atoms with Crippen molar-refractivity contribution in [3.8, 4) is 5.75 Å². The molecule has 0 saturated carbocycles. The van der Waals surface area contributed by atoms with E-state index < -0.39 is 15.9 Å². The van der Waals surface area contributed by atoms with Gasteiger partial charge in [-0.15, -0.1) is 0 Å². The molecule has 0 spiro atoms. The number of anilines is 1.